The Hall–Kier alpha value is -2.31. The van der Waals surface area contributed by atoms with E-state index < -0.39 is 6.10 Å². The quantitative estimate of drug-likeness (QED) is 0.821. The molecule has 1 fully saturated rings. The molecule has 1 aromatic carbocycles. The molecule has 2 aromatic rings. The van der Waals surface area contributed by atoms with Gasteiger partial charge in [0.1, 0.15) is 23.4 Å². The summed E-state index contributed by atoms with van der Waals surface area (Å²) in [5, 5.41) is 10.7. The Kier molecular flexibility index (Phi) is 6.30. The smallest absolute Gasteiger partial charge is 0.137 e. The number of rotatable bonds is 7. The number of aliphatic hydroxyl groups excluding tert-OH is 1. The Morgan fingerprint density at radius 2 is 1.96 bits per heavy atom. The number of hydrogen-bond donors (Lipinski definition) is 1. The maximum atomic E-state index is 10.7. The monoisotopic (exact) mass is 358 g/mol. The van der Waals surface area contributed by atoms with Gasteiger partial charge in [0.05, 0.1) is 26.5 Å². The molecular formula is C20H26N2O4. The van der Waals surface area contributed by atoms with Gasteiger partial charge >= 0.3 is 0 Å². The summed E-state index contributed by atoms with van der Waals surface area (Å²) < 4.78 is 16.6. The number of benzene rings is 1. The van der Waals surface area contributed by atoms with Crippen LogP contribution in [0.5, 0.6) is 17.2 Å². The van der Waals surface area contributed by atoms with E-state index in [0.717, 1.165) is 37.2 Å². The van der Waals surface area contributed by atoms with Crippen LogP contribution < -0.4 is 14.2 Å². The predicted molar refractivity (Wildman–Crippen MR) is 98.8 cm³/mol. The molecule has 6 nitrogen and oxygen atoms in total. The summed E-state index contributed by atoms with van der Waals surface area (Å²) in [6.45, 7) is 2.33. The summed E-state index contributed by atoms with van der Waals surface area (Å²) in [6, 6.07) is 9.30. The van der Waals surface area contributed by atoms with Crippen LogP contribution in [0.4, 0.5) is 0 Å². The Bertz CT molecular complexity index is 687. The Morgan fingerprint density at radius 3 is 2.62 bits per heavy atom. The SMILES string of the molecule is COc1ccc(OC)c(C(O)CN2CCC(Oc3cccnc3)CC2)c1. The molecule has 1 atom stereocenters. The van der Waals surface area contributed by atoms with Crippen LogP contribution in [0.3, 0.4) is 0 Å². The van der Waals surface area contributed by atoms with E-state index in [9.17, 15) is 5.11 Å². The first-order chi connectivity index (χ1) is 12.7. The molecule has 2 heterocycles. The van der Waals surface area contributed by atoms with E-state index in [4.69, 9.17) is 14.2 Å². The highest BCUT2D eigenvalue weighted by Gasteiger charge is 2.24. The summed E-state index contributed by atoms with van der Waals surface area (Å²) in [7, 11) is 3.23. The van der Waals surface area contributed by atoms with E-state index >= 15 is 0 Å². The van der Waals surface area contributed by atoms with Crippen LogP contribution in [0.15, 0.2) is 42.7 Å². The van der Waals surface area contributed by atoms with E-state index in [-0.39, 0.29) is 6.10 Å². The van der Waals surface area contributed by atoms with Gasteiger partial charge in [-0.25, -0.2) is 0 Å². The lowest BCUT2D eigenvalue weighted by molar-refractivity contribution is 0.0599. The third kappa shape index (κ3) is 4.65. The maximum Gasteiger partial charge on any atom is 0.137 e. The van der Waals surface area contributed by atoms with Crippen LogP contribution in [0.25, 0.3) is 0 Å². The second-order valence-electron chi connectivity index (χ2n) is 6.43. The summed E-state index contributed by atoms with van der Waals surface area (Å²) in [6.07, 6.45) is 4.90. The zero-order valence-electron chi connectivity index (χ0n) is 15.3. The fourth-order valence-corrected chi connectivity index (χ4v) is 3.26. The zero-order chi connectivity index (χ0) is 18.4. The minimum absolute atomic E-state index is 0.193. The average Bonchev–Trinajstić information content (AvgIpc) is 2.69. The fraction of sp³-hybridized carbons (Fsp3) is 0.450. The van der Waals surface area contributed by atoms with Crippen molar-refractivity contribution in [3.8, 4) is 17.2 Å². The standard InChI is InChI=1S/C20H26N2O4/c1-24-16-5-6-20(25-2)18(12-16)19(23)14-22-10-7-15(8-11-22)26-17-4-3-9-21-13-17/h3-6,9,12-13,15,19,23H,7-8,10-11,14H2,1-2H3. The number of methoxy groups -OCH3 is 2. The second kappa shape index (κ2) is 8.87. The molecule has 26 heavy (non-hydrogen) atoms. The van der Waals surface area contributed by atoms with Gasteiger partial charge < -0.3 is 24.2 Å². The van der Waals surface area contributed by atoms with Crippen molar-refractivity contribution in [2.45, 2.75) is 25.0 Å². The molecule has 1 saturated heterocycles. The predicted octanol–water partition coefficient (Wildman–Crippen LogP) is 2.68. The van der Waals surface area contributed by atoms with Crippen molar-refractivity contribution in [2.75, 3.05) is 33.9 Å². The normalized spacial score (nSPS) is 16.9. The molecule has 140 valence electrons. The van der Waals surface area contributed by atoms with Crippen molar-refractivity contribution in [3.05, 3.63) is 48.3 Å². The highest BCUT2D eigenvalue weighted by Crippen LogP contribution is 2.30. The summed E-state index contributed by atoms with van der Waals surface area (Å²) in [5.74, 6) is 2.20. The fourth-order valence-electron chi connectivity index (χ4n) is 3.26. The maximum absolute atomic E-state index is 10.7. The number of aromatic nitrogens is 1. The van der Waals surface area contributed by atoms with Crippen LogP contribution in [0.1, 0.15) is 24.5 Å². The van der Waals surface area contributed by atoms with Crippen molar-refractivity contribution >= 4 is 0 Å². The van der Waals surface area contributed by atoms with Gasteiger partial charge in [-0.2, -0.15) is 0 Å². The molecule has 1 aromatic heterocycles. The van der Waals surface area contributed by atoms with E-state index in [2.05, 4.69) is 9.88 Å². The molecule has 0 radical (unpaired) electrons. The van der Waals surface area contributed by atoms with Gasteiger partial charge in [-0.15, -0.1) is 0 Å². The topological polar surface area (TPSA) is 64.0 Å². The Labute approximate surface area is 154 Å². The molecule has 0 aliphatic carbocycles. The Balaban J connectivity index is 1.54. The van der Waals surface area contributed by atoms with Gasteiger partial charge in [-0.1, -0.05) is 0 Å². The number of nitrogens with zero attached hydrogens (tertiary/aromatic N) is 2. The lowest BCUT2D eigenvalue weighted by Crippen LogP contribution is -2.40. The van der Waals surface area contributed by atoms with E-state index in [0.29, 0.717) is 18.0 Å². The second-order valence-corrected chi connectivity index (χ2v) is 6.43. The number of hydrogen-bond acceptors (Lipinski definition) is 6. The molecule has 3 rings (SSSR count). The first-order valence-corrected chi connectivity index (χ1v) is 8.88. The van der Waals surface area contributed by atoms with Crippen molar-refractivity contribution in [1.29, 1.82) is 0 Å². The Morgan fingerprint density at radius 1 is 1.15 bits per heavy atom. The first kappa shape index (κ1) is 18.5. The lowest BCUT2D eigenvalue weighted by atomic mass is 10.0. The molecule has 1 aliphatic rings. The van der Waals surface area contributed by atoms with Crippen molar-refractivity contribution < 1.29 is 19.3 Å². The molecule has 0 bridgehead atoms. The number of β-amino-alcohol motifs (C(OH)–C–C–N with tert-alkyl or cyclic N) is 1. The molecule has 6 heteroatoms. The van der Waals surface area contributed by atoms with Crippen molar-refractivity contribution in [2.24, 2.45) is 0 Å². The number of ether oxygens (including phenoxy) is 3. The van der Waals surface area contributed by atoms with Gasteiger partial charge in [0.2, 0.25) is 0 Å². The number of pyridine rings is 1. The highest BCUT2D eigenvalue weighted by atomic mass is 16.5. The number of likely N-dealkylation sites (tertiary alicyclic amines) is 1. The van der Waals surface area contributed by atoms with E-state index in [1.165, 1.54) is 0 Å². The largest absolute Gasteiger partial charge is 0.497 e. The molecule has 0 saturated carbocycles. The molecule has 0 amide bonds. The van der Waals surface area contributed by atoms with Crippen LogP contribution in [0.2, 0.25) is 0 Å². The van der Waals surface area contributed by atoms with Crippen LogP contribution in [-0.2, 0) is 0 Å². The molecule has 1 aliphatic heterocycles. The minimum Gasteiger partial charge on any atom is -0.497 e. The van der Waals surface area contributed by atoms with Crippen LogP contribution >= 0.6 is 0 Å². The van der Waals surface area contributed by atoms with Crippen LogP contribution in [-0.4, -0.2) is 54.9 Å². The van der Waals surface area contributed by atoms with Crippen molar-refractivity contribution in [3.63, 3.8) is 0 Å². The van der Waals surface area contributed by atoms with Crippen LogP contribution in [0, 0.1) is 0 Å². The van der Waals surface area contributed by atoms with Gasteiger partial charge in [0, 0.05) is 31.4 Å². The minimum atomic E-state index is -0.629. The molecule has 1 unspecified atom stereocenters. The molecule has 0 spiro atoms. The van der Waals surface area contributed by atoms with Gasteiger partial charge in [-0.3, -0.25) is 4.98 Å². The first-order valence-electron chi connectivity index (χ1n) is 8.88. The van der Waals surface area contributed by atoms with Gasteiger partial charge in [0.15, 0.2) is 0 Å². The summed E-state index contributed by atoms with van der Waals surface area (Å²) in [5.41, 5.74) is 0.751. The third-order valence-corrected chi connectivity index (χ3v) is 4.70. The number of piperidine rings is 1. The number of aliphatic hydroxyl groups is 1. The van der Waals surface area contributed by atoms with Crippen molar-refractivity contribution in [1.82, 2.24) is 9.88 Å². The summed E-state index contributed by atoms with van der Waals surface area (Å²) >= 11 is 0. The van der Waals surface area contributed by atoms with E-state index in [1.807, 2.05) is 30.3 Å². The highest BCUT2D eigenvalue weighted by molar-refractivity contribution is 5.41. The average molecular weight is 358 g/mol. The third-order valence-electron chi connectivity index (χ3n) is 4.70. The zero-order valence-corrected chi connectivity index (χ0v) is 15.3. The van der Waals surface area contributed by atoms with E-state index in [1.54, 1.807) is 26.6 Å². The molecule has 1 N–H and O–H groups in total. The summed E-state index contributed by atoms with van der Waals surface area (Å²) in [4.78, 5) is 6.33. The lowest BCUT2D eigenvalue weighted by Gasteiger charge is -2.33. The molecular weight excluding hydrogens is 332 g/mol. The van der Waals surface area contributed by atoms with Gasteiger partial charge in [0.25, 0.3) is 0 Å². The van der Waals surface area contributed by atoms with Gasteiger partial charge in [-0.05, 0) is 43.2 Å².